The number of sulfonamides is 1. The molecule has 8 heteroatoms. The number of benzene rings is 1. The van der Waals surface area contributed by atoms with E-state index in [9.17, 15) is 18.0 Å². The highest BCUT2D eigenvalue weighted by molar-refractivity contribution is 7.89. The largest absolute Gasteiger partial charge is 0.452 e. The highest BCUT2D eigenvalue weighted by Gasteiger charge is 2.20. The van der Waals surface area contributed by atoms with Gasteiger partial charge < -0.3 is 9.64 Å². The van der Waals surface area contributed by atoms with E-state index in [1.807, 2.05) is 0 Å². The Balaban J connectivity index is 2.04. The second kappa shape index (κ2) is 7.10. The first kappa shape index (κ1) is 17.4. The first-order valence-corrected chi connectivity index (χ1v) is 8.92. The Morgan fingerprint density at radius 1 is 1.22 bits per heavy atom. The summed E-state index contributed by atoms with van der Waals surface area (Å²) in [6, 6.07) is 3.96. The molecule has 2 N–H and O–H groups in total. The van der Waals surface area contributed by atoms with Crippen molar-refractivity contribution in [2.45, 2.75) is 31.1 Å². The molecule has 7 nitrogen and oxygen atoms in total. The zero-order chi connectivity index (χ0) is 17.0. The van der Waals surface area contributed by atoms with Crippen LogP contribution in [0.2, 0.25) is 0 Å². The average molecular weight is 340 g/mol. The molecule has 1 aliphatic rings. The van der Waals surface area contributed by atoms with Crippen molar-refractivity contribution in [2.24, 2.45) is 5.14 Å². The lowest BCUT2D eigenvalue weighted by atomic mass is 10.1. The van der Waals surface area contributed by atoms with Gasteiger partial charge in [-0.05, 0) is 43.9 Å². The van der Waals surface area contributed by atoms with Crippen LogP contribution in [0.5, 0.6) is 0 Å². The van der Waals surface area contributed by atoms with Crippen LogP contribution in [0.15, 0.2) is 23.1 Å². The summed E-state index contributed by atoms with van der Waals surface area (Å²) < 4.78 is 27.7. The fourth-order valence-electron chi connectivity index (χ4n) is 2.44. The van der Waals surface area contributed by atoms with E-state index in [2.05, 4.69) is 0 Å². The lowest BCUT2D eigenvalue weighted by Crippen LogP contribution is -2.38. The van der Waals surface area contributed by atoms with Crippen molar-refractivity contribution in [3.63, 3.8) is 0 Å². The summed E-state index contributed by atoms with van der Waals surface area (Å²) >= 11 is 0. The van der Waals surface area contributed by atoms with Crippen molar-refractivity contribution in [1.29, 1.82) is 0 Å². The molecule has 0 unspecified atom stereocenters. The molecule has 2 rings (SSSR count). The van der Waals surface area contributed by atoms with Gasteiger partial charge in [0.15, 0.2) is 6.61 Å². The minimum absolute atomic E-state index is 0.0861. The van der Waals surface area contributed by atoms with Gasteiger partial charge >= 0.3 is 5.97 Å². The van der Waals surface area contributed by atoms with Crippen LogP contribution in [-0.2, 0) is 19.6 Å². The van der Waals surface area contributed by atoms with Gasteiger partial charge in [-0.25, -0.2) is 18.4 Å². The van der Waals surface area contributed by atoms with E-state index in [-0.39, 0.29) is 23.0 Å². The smallest absolute Gasteiger partial charge is 0.338 e. The number of carbonyl (C=O) groups excluding carboxylic acids is 2. The number of nitrogens with two attached hydrogens (primary N) is 1. The van der Waals surface area contributed by atoms with E-state index in [0.717, 1.165) is 19.3 Å². The summed E-state index contributed by atoms with van der Waals surface area (Å²) in [5.74, 6) is -0.975. The molecule has 1 saturated heterocycles. The van der Waals surface area contributed by atoms with Gasteiger partial charge in [-0.3, -0.25) is 4.79 Å². The van der Waals surface area contributed by atoms with Crippen LogP contribution < -0.4 is 5.14 Å². The Bertz CT molecular complexity index is 709. The van der Waals surface area contributed by atoms with Crippen LogP contribution in [0.25, 0.3) is 0 Å². The molecular formula is C15H20N2O5S. The normalized spacial score (nSPS) is 15.3. The van der Waals surface area contributed by atoms with Crippen molar-refractivity contribution in [2.75, 3.05) is 19.7 Å². The van der Waals surface area contributed by atoms with Crippen molar-refractivity contribution in [3.8, 4) is 0 Å². The number of hydrogen-bond donors (Lipinski definition) is 1. The number of esters is 1. The monoisotopic (exact) mass is 340 g/mol. The Hall–Kier alpha value is -1.93. The van der Waals surface area contributed by atoms with Crippen molar-refractivity contribution >= 4 is 21.9 Å². The van der Waals surface area contributed by atoms with Gasteiger partial charge in [0.2, 0.25) is 10.0 Å². The van der Waals surface area contributed by atoms with E-state index in [4.69, 9.17) is 9.88 Å². The minimum Gasteiger partial charge on any atom is -0.452 e. The first-order valence-electron chi connectivity index (χ1n) is 7.37. The molecule has 0 aliphatic carbocycles. The van der Waals surface area contributed by atoms with Gasteiger partial charge in [0.05, 0.1) is 10.5 Å². The van der Waals surface area contributed by atoms with Crippen LogP contribution in [0.4, 0.5) is 0 Å². The van der Waals surface area contributed by atoms with E-state index in [1.54, 1.807) is 11.8 Å². The second-order valence-corrected chi connectivity index (χ2v) is 7.10. The number of piperidine rings is 1. The molecule has 1 fully saturated rings. The summed E-state index contributed by atoms with van der Waals surface area (Å²) in [6.07, 6.45) is 3.01. The third kappa shape index (κ3) is 4.52. The van der Waals surface area contributed by atoms with E-state index >= 15 is 0 Å². The quantitative estimate of drug-likeness (QED) is 0.816. The number of primary sulfonamides is 1. The Morgan fingerprint density at radius 3 is 2.48 bits per heavy atom. The minimum atomic E-state index is -3.91. The summed E-state index contributed by atoms with van der Waals surface area (Å²) in [6.45, 7) is 2.65. The molecule has 23 heavy (non-hydrogen) atoms. The zero-order valence-corrected chi connectivity index (χ0v) is 13.8. The maximum atomic E-state index is 12.1. The summed E-state index contributed by atoms with van der Waals surface area (Å²) in [7, 11) is -3.91. The summed E-state index contributed by atoms with van der Waals surface area (Å²) in [4.78, 5) is 25.6. The molecule has 1 amide bonds. The fourth-order valence-corrected chi connectivity index (χ4v) is 2.98. The van der Waals surface area contributed by atoms with E-state index in [0.29, 0.717) is 18.7 Å². The molecule has 0 saturated carbocycles. The lowest BCUT2D eigenvalue weighted by Gasteiger charge is -2.26. The van der Waals surface area contributed by atoms with Gasteiger partial charge in [-0.15, -0.1) is 0 Å². The number of likely N-dealkylation sites (tertiary alicyclic amines) is 1. The Labute approximate surface area is 135 Å². The maximum absolute atomic E-state index is 12.1. The lowest BCUT2D eigenvalue weighted by molar-refractivity contribution is -0.135. The molecule has 0 spiro atoms. The third-order valence-electron chi connectivity index (χ3n) is 3.79. The molecule has 1 heterocycles. The summed E-state index contributed by atoms with van der Waals surface area (Å²) in [5.41, 5.74) is 0.635. The SMILES string of the molecule is Cc1ccc(S(N)(=O)=O)cc1C(=O)OCC(=O)N1CCCCC1. The van der Waals surface area contributed by atoms with Crippen LogP contribution >= 0.6 is 0 Å². The second-order valence-electron chi connectivity index (χ2n) is 5.54. The Kier molecular flexibility index (Phi) is 5.38. The van der Waals surface area contributed by atoms with Gasteiger partial charge in [0, 0.05) is 13.1 Å². The first-order chi connectivity index (χ1) is 10.8. The molecule has 1 aliphatic heterocycles. The number of nitrogens with zero attached hydrogens (tertiary/aromatic N) is 1. The molecule has 126 valence electrons. The zero-order valence-electron chi connectivity index (χ0n) is 12.9. The van der Waals surface area contributed by atoms with Gasteiger partial charge in [0.1, 0.15) is 0 Å². The molecule has 0 radical (unpaired) electrons. The molecular weight excluding hydrogens is 320 g/mol. The van der Waals surface area contributed by atoms with Gasteiger partial charge in [0.25, 0.3) is 5.91 Å². The van der Waals surface area contributed by atoms with Crippen molar-refractivity contribution < 1.29 is 22.7 Å². The predicted molar refractivity (Wildman–Crippen MR) is 83.3 cm³/mol. The van der Waals surface area contributed by atoms with E-state index < -0.39 is 16.0 Å². The molecule has 1 aromatic rings. The number of rotatable bonds is 4. The number of amides is 1. The highest BCUT2D eigenvalue weighted by Crippen LogP contribution is 2.16. The van der Waals surface area contributed by atoms with Crippen LogP contribution in [0.3, 0.4) is 0 Å². The highest BCUT2D eigenvalue weighted by atomic mass is 32.2. The standard InChI is InChI=1S/C15H20N2O5S/c1-11-5-6-12(23(16,20)21)9-13(11)15(19)22-10-14(18)17-7-3-2-4-8-17/h5-6,9H,2-4,7-8,10H2,1H3,(H2,16,20,21). The van der Waals surface area contributed by atoms with Crippen molar-refractivity contribution in [3.05, 3.63) is 29.3 Å². The number of ether oxygens (including phenoxy) is 1. The van der Waals surface area contributed by atoms with Crippen LogP contribution in [0, 0.1) is 6.92 Å². The van der Waals surface area contributed by atoms with Crippen molar-refractivity contribution in [1.82, 2.24) is 4.90 Å². The maximum Gasteiger partial charge on any atom is 0.338 e. The average Bonchev–Trinajstić information content (AvgIpc) is 2.52. The van der Waals surface area contributed by atoms with Crippen LogP contribution in [0.1, 0.15) is 35.2 Å². The molecule has 0 bridgehead atoms. The van der Waals surface area contributed by atoms with Crippen LogP contribution in [-0.4, -0.2) is 44.9 Å². The van der Waals surface area contributed by atoms with E-state index in [1.165, 1.54) is 18.2 Å². The van der Waals surface area contributed by atoms with Gasteiger partial charge in [-0.2, -0.15) is 0 Å². The number of hydrogen-bond acceptors (Lipinski definition) is 5. The molecule has 0 atom stereocenters. The predicted octanol–water partition coefficient (Wildman–Crippen LogP) is 0.812. The Morgan fingerprint density at radius 2 is 1.87 bits per heavy atom. The fraction of sp³-hybridized carbons (Fsp3) is 0.467. The number of aryl methyl sites for hydroxylation is 1. The number of carbonyl (C=O) groups is 2. The summed E-state index contributed by atoms with van der Waals surface area (Å²) in [5, 5.41) is 5.05. The van der Waals surface area contributed by atoms with Gasteiger partial charge in [-0.1, -0.05) is 6.07 Å². The third-order valence-corrected chi connectivity index (χ3v) is 4.70. The topological polar surface area (TPSA) is 107 Å². The molecule has 1 aromatic carbocycles. The molecule has 0 aromatic heterocycles.